The van der Waals surface area contributed by atoms with Crippen LogP contribution in [-0.4, -0.2) is 18.1 Å². The molecule has 98 valence electrons. The molecule has 0 amide bonds. The molecular weight excluding hydrogens is 226 g/mol. The van der Waals surface area contributed by atoms with Gasteiger partial charge in [0.1, 0.15) is 0 Å². The molecule has 1 aromatic heterocycles. The van der Waals surface area contributed by atoms with E-state index in [9.17, 15) is 4.79 Å². The number of carbonyl (C=O) groups excluding carboxylic acids is 1. The normalized spacial score (nSPS) is 20.3. The molecule has 3 heteroatoms. The smallest absolute Gasteiger partial charge is 0.309 e. The van der Waals surface area contributed by atoms with Crippen molar-refractivity contribution in [1.29, 1.82) is 0 Å². The van der Waals surface area contributed by atoms with Crippen LogP contribution in [-0.2, 0) is 16.0 Å². The Balaban J connectivity index is 2.35. The van der Waals surface area contributed by atoms with Crippen LogP contribution in [0.5, 0.6) is 0 Å². The van der Waals surface area contributed by atoms with Crippen molar-refractivity contribution in [3.8, 4) is 0 Å². The summed E-state index contributed by atoms with van der Waals surface area (Å²) in [5.74, 6) is 0.301. The summed E-state index contributed by atoms with van der Waals surface area (Å²) in [6.07, 6.45) is 5.06. The molecule has 18 heavy (non-hydrogen) atoms. The zero-order valence-electron chi connectivity index (χ0n) is 11.3. The third-order valence-corrected chi connectivity index (χ3v) is 3.86. The van der Waals surface area contributed by atoms with E-state index < -0.39 is 0 Å². The van der Waals surface area contributed by atoms with Gasteiger partial charge in [0.15, 0.2) is 0 Å². The van der Waals surface area contributed by atoms with Crippen LogP contribution in [0, 0.1) is 11.8 Å². The zero-order chi connectivity index (χ0) is 13.1. The summed E-state index contributed by atoms with van der Waals surface area (Å²) in [6.45, 7) is 4.16. The summed E-state index contributed by atoms with van der Waals surface area (Å²) in [7, 11) is 1.47. The van der Waals surface area contributed by atoms with Gasteiger partial charge in [-0.25, -0.2) is 0 Å². The van der Waals surface area contributed by atoms with Gasteiger partial charge in [-0.05, 0) is 36.8 Å². The largest absolute Gasteiger partial charge is 0.469 e. The highest BCUT2D eigenvalue weighted by atomic mass is 16.5. The molecule has 2 atom stereocenters. The Bertz CT molecular complexity index is 428. The summed E-state index contributed by atoms with van der Waals surface area (Å²) >= 11 is 0. The minimum atomic E-state index is -0.103. The van der Waals surface area contributed by atoms with Gasteiger partial charge in [-0.3, -0.25) is 9.78 Å². The fourth-order valence-electron chi connectivity index (χ4n) is 3.03. The summed E-state index contributed by atoms with van der Waals surface area (Å²) in [4.78, 5) is 16.5. The van der Waals surface area contributed by atoms with Crippen molar-refractivity contribution in [3.05, 3.63) is 29.6 Å². The maximum atomic E-state index is 12.0. The van der Waals surface area contributed by atoms with E-state index in [0.29, 0.717) is 0 Å². The lowest BCUT2D eigenvalue weighted by Gasteiger charge is -2.31. The van der Waals surface area contributed by atoms with Gasteiger partial charge in [-0.15, -0.1) is 0 Å². The number of esters is 1. The first-order valence-corrected chi connectivity index (χ1v) is 6.66. The summed E-state index contributed by atoms with van der Waals surface area (Å²) in [5.41, 5.74) is 2.40. The van der Waals surface area contributed by atoms with E-state index in [4.69, 9.17) is 4.74 Å². The van der Waals surface area contributed by atoms with Gasteiger partial charge in [-0.1, -0.05) is 19.9 Å². The third kappa shape index (κ3) is 2.40. The number of rotatable bonds is 3. The first-order chi connectivity index (χ1) is 8.65. The standard InChI is InChI=1S/C15H21NO2/c1-10(2)13(15(17)18-3)12-8-4-6-11-7-5-9-16-14(11)12/h5,7,9-10,12-13H,4,6,8H2,1-3H3. The van der Waals surface area contributed by atoms with Crippen molar-refractivity contribution < 1.29 is 9.53 Å². The fourth-order valence-corrected chi connectivity index (χ4v) is 3.03. The van der Waals surface area contributed by atoms with Gasteiger partial charge in [0, 0.05) is 17.8 Å². The Hall–Kier alpha value is -1.38. The van der Waals surface area contributed by atoms with Crippen molar-refractivity contribution in [2.75, 3.05) is 7.11 Å². The van der Waals surface area contributed by atoms with Crippen molar-refractivity contribution in [1.82, 2.24) is 4.98 Å². The molecule has 1 aliphatic rings. The highest BCUT2D eigenvalue weighted by molar-refractivity contribution is 5.74. The van der Waals surface area contributed by atoms with Crippen LogP contribution < -0.4 is 0 Å². The minimum absolute atomic E-state index is 0.0797. The molecule has 0 saturated carbocycles. The predicted octanol–water partition coefficient (Wildman–Crippen LogP) is 2.95. The third-order valence-electron chi connectivity index (χ3n) is 3.86. The van der Waals surface area contributed by atoms with Crippen LogP contribution in [0.1, 0.15) is 43.9 Å². The average Bonchev–Trinajstić information content (AvgIpc) is 2.38. The number of pyridine rings is 1. The molecule has 0 fully saturated rings. The second-order valence-corrected chi connectivity index (χ2v) is 5.34. The van der Waals surface area contributed by atoms with Crippen LogP contribution in [0.3, 0.4) is 0 Å². The average molecular weight is 247 g/mol. The van der Waals surface area contributed by atoms with Gasteiger partial charge < -0.3 is 4.74 Å². The molecule has 0 aromatic carbocycles. The van der Waals surface area contributed by atoms with E-state index in [1.54, 1.807) is 0 Å². The van der Waals surface area contributed by atoms with E-state index in [2.05, 4.69) is 24.9 Å². The molecule has 1 aromatic rings. The van der Waals surface area contributed by atoms with Crippen LogP contribution >= 0.6 is 0 Å². The Morgan fingerprint density at radius 1 is 1.50 bits per heavy atom. The van der Waals surface area contributed by atoms with Crippen molar-refractivity contribution >= 4 is 5.97 Å². The van der Waals surface area contributed by atoms with Crippen LogP contribution in [0.15, 0.2) is 18.3 Å². The second kappa shape index (κ2) is 5.51. The molecule has 1 heterocycles. The highest BCUT2D eigenvalue weighted by Crippen LogP contribution is 2.39. The first kappa shape index (κ1) is 13.1. The first-order valence-electron chi connectivity index (χ1n) is 6.66. The molecule has 2 rings (SSSR count). The van der Waals surface area contributed by atoms with Crippen molar-refractivity contribution in [2.45, 2.75) is 39.0 Å². The van der Waals surface area contributed by atoms with Gasteiger partial charge in [0.2, 0.25) is 0 Å². The monoisotopic (exact) mass is 247 g/mol. The lowest BCUT2D eigenvalue weighted by Crippen LogP contribution is -2.31. The number of fused-ring (bicyclic) bond motifs is 1. The lowest BCUT2D eigenvalue weighted by atomic mass is 9.74. The zero-order valence-corrected chi connectivity index (χ0v) is 11.3. The number of nitrogens with zero attached hydrogens (tertiary/aromatic N) is 1. The number of aryl methyl sites for hydroxylation is 1. The van der Waals surface area contributed by atoms with E-state index >= 15 is 0 Å². The summed E-state index contributed by atoms with van der Waals surface area (Å²) in [5, 5.41) is 0. The topological polar surface area (TPSA) is 39.2 Å². The van der Waals surface area contributed by atoms with E-state index in [0.717, 1.165) is 25.0 Å². The molecule has 3 nitrogen and oxygen atoms in total. The number of carbonyl (C=O) groups is 1. The molecule has 0 N–H and O–H groups in total. The molecule has 0 bridgehead atoms. The summed E-state index contributed by atoms with van der Waals surface area (Å²) in [6, 6.07) is 4.10. The van der Waals surface area contributed by atoms with Crippen LogP contribution in [0.4, 0.5) is 0 Å². The van der Waals surface area contributed by atoms with E-state index in [1.165, 1.54) is 12.7 Å². The van der Waals surface area contributed by atoms with E-state index in [1.807, 2.05) is 12.3 Å². The fraction of sp³-hybridized carbons (Fsp3) is 0.600. The van der Waals surface area contributed by atoms with Crippen molar-refractivity contribution in [3.63, 3.8) is 0 Å². The minimum Gasteiger partial charge on any atom is -0.469 e. The lowest BCUT2D eigenvalue weighted by molar-refractivity contribution is -0.148. The number of ether oxygens (including phenoxy) is 1. The van der Waals surface area contributed by atoms with E-state index in [-0.39, 0.29) is 23.7 Å². The molecular formula is C15H21NO2. The Morgan fingerprint density at radius 3 is 2.94 bits per heavy atom. The maximum Gasteiger partial charge on any atom is 0.309 e. The molecule has 0 aliphatic heterocycles. The van der Waals surface area contributed by atoms with Gasteiger partial charge in [0.05, 0.1) is 13.0 Å². The Morgan fingerprint density at radius 2 is 2.28 bits per heavy atom. The molecule has 2 unspecified atom stereocenters. The molecule has 0 saturated heterocycles. The van der Waals surface area contributed by atoms with Gasteiger partial charge in [-0.2, -0.15) is 0 Å². The van der Waals surface area contributed by atoms with Gasteiger partial charge >= 0.3 is 5.97 Å². The number of aromatic nitrogens is 1. The molecule has 0 spiro atoms. The SMILES string of the molecule is COC(=O)C(C(C)C)C1CCCc2cccnc21. The number of hydrogen-bond donors (Lipinski definition) is 0. The highest BCUT2D eigenvalue weighted by Gasteiger charge is 2.36. The van der Waals surface area contributed by atoms with Crippen LogP contribution in [0.25, 0.3) is 0 Å². The second-order valence-electron chi connectivity index (χ2n) is 5.34. The number of methoxy groups -OCH3 is 1. The molecule has 0 radical (unpaired) electrons. The Kier molecular flexibility index (Phi) is 4.00. The quantitative estimate of drug-likeness (QED) is 0.771. The maximum absolute atomic E-state index is 12.0. The predicted molar refractivity (Wildman–Crippen MR) is 70.3 cm³/mol. The van der Waals surface area contributed by atoms with Gasteiger partial charge in [0.25, 0.3) is 0 Å². The number of hydrogen-bond acceptors (Lipinski definition) is 3. The van der Waals surface area contributed by atoms with Crippen LogP contribution in [0.2, 0.25) is 0 Å². The summed E-state index contributed by atoms with van der Waals surface area (Å²) < 4.78 is 4.98. The Labute approximate surface area is 109 Å². The van der Waals surface area contributed by atoms with Crippen molar-refractivity contribution in [2.24, 2.45) is 11.8 Å². The molecule has 1 aliphatic carbocycles.